The molecule has 1 heterocycles. The molecular formula is C42H46NO2PS. The molecular weight excluding hydrogens is 614 g/mol. The fourth-order valence-corrected chi connectivity index (χ4v) is 9.52. The van der Waals surface area contributed by atoms with Gasteiger partial charge in [0.25, 0.3) is 0 Å². The predicted octanol–water partition coefficient (Wildman–Crippen LogP) is 9.32. The second kappa shape index (κ2) is 12.8. The lowest BCUT2D eigenvalue weighted by molar-refractivity contribution is 0.413. The van der Waals surface area contributed by atoms with Gasteiger partial charge in [-0.05, 0) is 55.8 Å². The van der Waals surface area contributed by atoms with Crippen molar-refractivity contribution in [3.8, 4) is 11.5 Å². The van der Waals surface area contributed by atoms with Gasteiger partial charge in [-0.25, -0.2) is 8.93 Å². The highest BCUT2D eigenvalue weighted by atomic mass is 32.2. The summed E-state index contributed by atoms with van der Waals surface area (Å²) >= 11 is 0. The Hall–Kier alpha value is -3.56. The third kappa shape index (κ3) is 6.61. The van der Waals surface area contributed by atoms with Gasteiger partial charge in [-0.3, -0.25) is 0 Å². The molecule has 1 unspecified atom stereocenters. The van der Waals surface area contributed by atoms with Crippen molar-refractivity contribution in [3.05, 3.63) is 149 Å². The zero-order chi connectivity index (χ0) is 33.6. The van der Waals surface area contributed by atoms with Crippen molar-refractivity contribution in [1.82, 2.24) is 4.72 Å². The number of nitrogens with one attached hydrogen (secondary N) is 1. The first-order chi connectivity index (χ1) is 22.3. The van der Waals surface area contributed by atoms with Gasteiger partial charge < -0.3 is 4.74 Å². The summed E-state index contributed by atoms with van der Waals surface area (Å²) in [5.41, 5.74) is 5.32. The van der Waals surface area contributed by atoms with E-state index in [1.165, 1.54) is 27.0 Å². The Morgan fingerprint density at radius 3 is 1.72 bits per heavy atom. The molecule has 5 aromatic rings. The lowest BCUT2D eigenvalue weighted by Gasteiger charge is -2.38. The number of para-hydroxylation sites is 2. The molecule has 5 aromatic carbocycles. The third-order valence-corrected chi connectivity index (χ3v) is 13.1. The zero-order valence-electron chi connectivity index (χ0n) is 28.8. The first-order valence-electron chi connectivity index (χ1n) is 16.4. The predicted molar refractivity (Wildman–Crippen MR) is 202 cm³/mol. The van der Waals surface area contributed by atoms with Crippen LogP contribution in [0.15, 0.2) is 121 Å². The van der Waals surface area contributed by atoms with Crippen LogP contribution in [0.5, 0.6) is 11.5 Å². The Morgan fingerprint density at radius 1 is 0.660 bits per heavy atom. The van der Waals surface area contributed by atoms with Gasteiger partial charge >= 0.3 is 0 Å². The summed E-state index contributed by atoms with van der Waals surface area (Å²) < 4.78 is 24.1. The van der Waals surface area contributed by atoms with Crippen LogP contribution < -0.4 is 25.4 Å². The molecule has 1 aliphatic heterocycles. The van der Waals surface area contributed by atoms with E-state index in [2.05, 4.69) is 161 Å². The van der Waals surface area contributed by atoms with Crippen molar-refractivity contribution in [2.24, 2.45) is 0 Å². The van der Waals surface area contributed by atoms with Gasteiger partial charge in [0, 0.05) is 27.4 Å². The molecule has 0 aliphatic carbocycles. The molecule has 3 nitrogen and oxygen atoms in total. The van der Waals surface area contributed by atoms with E-state index < -0.39 is 23.7 Å². The van der Waals surface area contributed by atoms with Gasteiger partial charge in [0.1, 0.15) is 11.5 Å². The minimum Gasteiger partial charge on any atom is -0.456 e. The molecule has 0 amide bonds. The average molecular weight is 660 g/mol. The summed E-state index contributed by atoms with van der Waals surface area (Å²) in [6, 6.07) is 43.1. The quantitative estimate of drug-likeness (QED) is 0.177. The molecule has 0 saturated heterocycles. The van der Waals surface area contributed by atoms with Gasteiger partial charge in [-0.15, -0.1) is 0 Å². The van der Waals surface area contributed by atoms with Crippen LogP contribution in [0.1, 0.15) is 89.2 Å². The minimum atomic E-state index is -1.32. The molecule has 47 heavy (non-hydrogen) atoms. The Labute approximate surface area is 285 Å². The fraction of sp³-hybridized carbons (Fsp3) is 0.286. The third-order valence-electron chi connectivity index (χ3n) is 9.06. The standard InChI is InChI=1S/C42H46NO2PS/c1-40(2,3)30-27-25-29(26-28-30)37(43-47(44)41(4,5)6)33-21-15-22-34-38(33)45-39-35(42(34,7)8)23-16-24-36(39)46(31-17-11-9-12-18-31)32-19-13-10-14-20-32/h9-28,37,43H,1-8H3/t37-,47?/m1/s1. The maximum Gasteiger partial charge on any atom is 0.139 e. The highest BCUT2D eigenvalue weighted by Gasteiger charge is 2.39. The van der Waals surface area contributed by atoms with Gasteiger partial charge in [0.05, 0.1) is 21.8 Å². The molecule has 0 radical (unpaired) electrons. The van der Waals surface area contributed by atoms with Gasteiger partial charge in [-0.2, -0.15) is 0 Å². The van der Waals surface area contributed by atoms with Crippen LogP contribution in [0, 0.1) is 0 Å². The van der Waals surface area contributed by atoms with E-state index in [1.807, 2.05) is 20.8 Å². The van der Waals surface area contributed by atoms with Crippen molar-refractivity contribution in [2.45, 2.75) is 77.0 Å². The molecule has 0 aromatic heterocycles. The van der Waals surface area contributed by atoms with E-state index in [9.17, 15) is 4.21 Å². The first-order valence-corrected chi connectivity index (χ1v) is 18.9. The second-order valence-electron chi connectivity index (χ2n) is 14.9. The van der Waals surface area contributed by atoms with Crippen molar-refractivity contribution in [3.63, 3.8) is 0 Å². The van der Waals surface area contributed by atoms with Crippen LogP contribution >= 0.6 is 7.92 Å². The number of ether oxygens (including phenoxy) is 1. The summed E-state index contributed by atoms with van der Waals surface area (Å²) in [5.74, 6) is 1.77. The highest BCUT2D eigenvalue weighted by molar-refractivity contribution is 7.84. The summed E-state index contributed by atoms with van der Waals surface area (Å²) in [6.45, 7) is 17.3. The minimum absolute atomic E-state index is 0.0324. The van der Waals surface area contributed by atoms with E-state index in [0.717, 1.165) is 28.2 Å². The number of benzene rings is 5. The lowest BCUT2D eigenvalue weighted by Crippen LogP contribution is -2.37. The number of fused-ring (bicyclic) bond motifs is 2. The number of rotatable bonds is 7. The Balaban J connectivity index is 1.54. The number of hydrogen-bond acceptors (Lipinski definition) is 2. The average Bonchev–Trinajstić information content (AvgIpc) is 3.04. The molecule has 5 heteroatoms. The van der Waals surface area contributed by atoms with Crippen LogP contribution in [-0.4, -0.2) is 8.96 Å². The molecule has 0 spiro atoms. The van der Waals surface area contributed by atoms with Crippen LogP contribution in [0.2, 0.25) is 0 Å². The molecule has 1 aliphatic rings. The molecule has 242 valence electrons. The highest BCUT2D eigenvalue weighted by Crippen LogP contribution is 2.52. The fourth-order valence-electron chi connectivity index (χ4n) is 6.29. The summed E-state index contributed by atoms with van der Waals surface area (Å²) in [7, 11) is -2.21. The molecule has 0 bridgehead atoms. The van der Waals surface area contributed by atoms with Crippen molar-refractivity contribution >= 4 is 34.8 Å². The topological polar surface area (TPSA) is 38.3 Å². The number of hydrogen-bond donors (Lipinski definition) is 1. The molecule has 6 rings (SSSR count). The Morgan fingerprint density at radius 2 is 1.19 bits per heavy atom. The largest absolute Gasteiger partial charge is 0.456 e. The normalized spacial score (nSPS) is 15.3. The lowest BCUT2D eigenvalue weighted by atomic mass is 9.74. The smallest absolute Gasteiger partial charge is 0.139 e. The van der Waals surface area contributed by atoms with E-state index in [-0.39, 0.29) is 16.9 Å². The maximum atomic E-state index is 13.8. The summed E-state index contributed by atoms with van der Waals surface area (Å²) in [6.07, 6.45) is 0. The Kier molecular flexibility index (Phi) is 9.09. The SMILES string of the molecule is CC(C)(C)c1ccc([C@@H](NS(=O)C(C)(C)C)c2cccc3c2Oc2c(P(c4ccccc4)c4ccccc4)cccc2C3(C)C)cc1. The van der Waals surface area contributed by atoms with E-state index in [0.29, 0.717) is 0 Å². The van der Waals surface area contributed by atoms with Crippen molar-refractivity contribution in [2.75, 3.05) is 0 Å². The summed E-state index contributed by atoms with van der Waals surface area (Å²) in [4.78, 5) is 0. The van der Waals surface area contributed by atoms with Crippen molar-refractivity contribution < 1.29 is 8.95 Å². The van der Waals surface area contributed by atoms with Crippen LogP contribution in [0.3, 0.4) is 0 Å². The molecule has 2 atom stereocenters. The Bertz CT molecular complexity index is 1850. The van der Waals surface area contributed by atoms with E-state index in [4.69, 9.17) is 4.74 Å². The van der Waals surface area contributed by atoms with Gasteiger partial charge in [0.2, 0.25) is 0 Å². The maximum absolute atomic E-state index is 13.8. The van der Waals surface area contributed by atoms with Crippen molar-refractivity contribution in [1.29, 1.82) is 0 Å². The van der Waals surface area contributed by atoms with E-state index in [1.54, 1.807) is 0 Å². The van der Waals surface area contributed by atoms with E-state index >= 15 is 0 Å². The molecule has 0 saturated carbocycles. The van der Waals surface area contributed by atoms with Crippen LogP contribution in [0.25, 0.3) is 0 Å². The van der Waals surface area contributed by atoms with Gasteiger partial charge in [0.15, 0.2) is 0 Å². The second-order valence-corrected chi connectivity index (χ2v) is 19.1. The monoisotopic (exact) mass is 659 g/mol. The van der Waals surface area contributed by atoms with Crippen LogP contribution in [0.4, 0.5) is 0 Å². The summed E-state index contributed by atoms with van der Waals surface area (Å²) in [5, 5.41) is 3.75. The first kappa shape index (κ1) is 33.3. The van der Waals surface area contributed by atoms with Crippen LogP contribution in [-0.2, 0) is 21.8 Å². The molecule has 0 fully saturated rings. The zero-order valence-corrected chi connectivity index (χ0v) is 30.5. The van der Waals surface area contributed by atoms with Gasteiger partial charge in [-0.1, -0.05) is 156 Å². The molecule has 1 N–H and O–H groups in total.